The molecule has 6 nitrogen and oxygen atoms in total. The second-order valence-corrected chi connectivity index (χ2v) is 8.88. The van der Waals surface area contributed by atoms with Crippen molar-refractivity contribution in [2.24, 2.45) is 0 Å². The summed E-state index contributed by atoms with van der Waals surface area (Å²) in [5.74, 6) is 1.26. The molecule has 0 spiro atoms. The first kappa shape index (κ1) is 23.6. The minimum absolute atomic E-state index is 0.0490. The van der Waals surface area contributed by atoms with E-state index in [-0.39, 0.29) is 18.2 Å². The van der Waals surface area contributed by atoms with Crippen LogP contribution in [0.2, 0.25) is 0 Å². The molecule has 6 heteroatoms. The number of hydrogen-bond acceptors (Lipinski definition) is 6. The molecule has 1 aliphatic carbocycles. The van der Waals surface area contributed by atoms with Crippen LogP contribution in [0, 0.1) is 0 Å². The van der Waals surface area contributed by atoms with Gasteiger partial charge in [0.2, 0.25) is 0 Å². The third-order valence-electron chi connectivity index (χ3n) is 6.77. The molecule has 3 atom stereocenters. The Morgan fingerprint density at radius 2 is 1.76 bits per heavy atom. The van der Waals surface area contributed by atoms with E-state index in [1.54, 1.807) is 26.4 Å². The van der Waals surface area contributed by atoms with Gasteiger partial charge in [-0.15, -0.1) is 0 Å². The van der Waals surface area contributed by atoms with Crippen molar-refractivity contribution < 1.29 is 23.7 Å². The number of carbonyl (C=O) groups is 1. The minimum atomic E-state index is -0.228. The van der Waals surface area contributed by atoms with Gasteiger partial charge in [0.15, 0.2) is 11.5 Å². The van der Waals surface area contributed by atoms with Crippen LogP contribution < -0.4 is 9.47 Å². The average Bonchev–Trinajstić information content (AvgIpc) is 3.33. The van der Waals surface area contributed by atoms with Crippen LogP contribution in [0.25, 0.3) is 0 Å². The van der Waals surface area contributed by atoms with Gasteiger partial charge in [0.05, 0.1) is 32.5 Å². The van der Waals surface area contributed by atoms with Crippen LogP contribution in [0.15, 0.2) is 48.5 Å². The van der Waals surface area contributed by atoms with Gasteiger partial charge in [0.1, 0.15) is 6.10 Å². The van der Waals surface area contributed by atoms with Gasteiger partial charge in [0.25, 0.3) is 0 Å². The molecular weight excluding hydrogens is 418 g/mol. The Hall–Kier alpha value is -2.57. The SMILES string of the molecule is COc1ccc(CCOC2CCCC[C@@H]2N2CC[C@@H](OC(=O)c3ccccc3)C2)cc1OC. The molecule has 0 amide bonds. The molecule has 1 saturated heterocycles. The van der Waals surface area contributed by atoms with Crippen molar-refractivity contribution in [3.05, 3.63) is 59.7 Å². The van der Waals surface area contributed by atoms with Crippen molar-refractivity contribution in [3.63, 3.8) is 0 Å². The Kier molecular flexibility index (Phi) is 8.24. The zero-order valence-corrected chi connectivity index (χ0v) is 19.7. The lowest BCUT2D eigenvalue weighted by Gasteiger charge is -2.37. The van der Waals surface area contributed by atoms with Crippen molar-refractivity contribution in [3.8, 4) is 11.5 Å². The van der Waals surface area contributed by atoms with Crippen molar-refractivity contribution >= 4 is 5.97 Å². The molecule has 0 bridgehead atoms. The van der Waals surface area contributed by atoms with Gasteiger partial charge in [-0.1, -0.05) is 37.1 Å². The maximum atomic E-state index is 12.4. The van der Waals surface area contributed by atoms with Crippen molar-refractivity contribution in [1.82, 2.24) is 4.90 Å². The fourth-order valence-electron chi connectivity index (χ4n) is 5.00. The molecular formula is C27H35NO5. The summed E-state index contributed by atoms with van der Waals surface area (Å²) in [4.78, 5) is 14.9. The van der Waals surface area contributed by atoms with Gasteiger partial charge in [-0.3, -0.25) is 4.90 Å². The standard InChI is InChI=1S/C27H35NO5/c1-30-25-13-12-20(18-26(25)31-2)15-17-32-24-11-7-6-10-23(24)28-16-14-22(19-28)33-27(29)21-8-4-3-5-9-21/h3-5,8-9,12-13,18,22-24H,6-7,10-11,14-17,19H2,1-2H3/t22-,23+,24?/m1/s1. The molecule has 1 heterocycles. The minimum Gasteiger partial charge on any atom is -0.493 e. The highest BCUT2D eigenvalue weighted by molar-refractivity contribution is 5.89. The molecule has 2 aliphatic rings. The van der Waals surface area contributed by atoms with E-state index in [0.717, 1.165) is 50.3 Å². The molecule has 2 aromatic rings. The average molecular weight is 454 g/mol. The summed E-state index contributed by atoms with van der Waals surface area (Å²) >= 11 is 0. The van der Waals surface area contributed by atoms with E-state index in [4.69, 9.17) is 18.9 Å². The largest absolute Gasteiger partial charge is 0.493 e. The molecule has 2 fully saturated rings. The Balaban J connectivity index is 1.28. The van der Waals surface area contributed by atoms with E-state index in [1.807, 2.05) is 30.3 Å². The Morgan fingerprint density at radius 3 is 2.55 bits per heavy atom. The number of likely N-dealkylation sites (tertiary alicyclic amines) is 1. The Bertz CT molecular complexity index is 903. The van der Waals surface area contributed by atoms with E-state index < -0.39 is 0 Å². The number of hydrogen-bond donors (Lipinski definition) is 0. The highest BCUT2D eigenvalue weighted by Crippen LogP contribution is 2.30. The normalized spacial score (nSPS) is 23.3. The van der Waals surface area contributed by atoms with Crippen LogP contribution in [0.1, 0.15) is 48.0 Å². The fraction of sp³-hybridized carbons (Fsp3) is 0.519. The summed E-state index contributed by atoms with van der Waals surface area (Å²) in [6.07, 6.45) is 6.55. The van der Waals surface area contributed by atoms with Gasteiger partial charge in [-0.25, -0.2) is 4.79 Å². The highest BCUT2D eigenvalue weighted by Gasteiger charge is 2.36. The summed E-state index contributed by atoms with van der Waals surface area (Å²) in [6, 6.07) is 15.7. The molecule has 33 heavy (non-hydrogen) atoms. The van der Waals surface area contributed by atoms with Crippen LogP contribution in [0.5, 0.6) is 11.5 Å². The summed E-state index contributed by atoms with van der Waals surface area (Å²) in [5.41, 5.74) is 1.79. The molecule has 1 unspecified atom stereocenters. The quantitative estimate of drug-likeness (QED) is 0.521. The van der Waals surface area contributed by atoms with Gasteiger partial charge < -0.3 is 18.9 Å². The lowest BCUT2D eigenvalue weighted by Crippen LogP contribution is -2.46. The second-order valence-electron chi connectivity index (χ2n) is 8.88. The molecule has 0 aromatic heterocycles. The van der Waals surface area contributed by atoms with E-state index in [1.165, 1.54) is 18.4 Å². The van der Waals surface area contributed by atoms with Crippen LogP contribution in [0.4, 0.5) is 0 Å². The number of esters is 1. The van der Waals surface area contributed by atoms with E-state index in [9.17, 15) is 4.79 Å². The van der Waals surface area contributed by atoms with Gasteiger partial charge in [-0.2, -0.15) is 0 Å². The first-order valence-corrected chi connectivity index (χ1v) is 12.0. The Labute approximate surface area is 196 Å². The van der Waals surface area contributed by atoms with E-state index in [2.05, 4.69) is 11.0 Å². The predicted octanol–water partition coefficient (Wildman–Crippen LogP) is 4.51. The smallest absolute Gasteiger partial charge is 0.338 e. The number of methoxy groups -OCH3 is 2. The second kappa shape index (κ2) is 11.5. The van der Waals surface area contributed by atoms with Crippen molar-refractivity contribution in [1.29, 1.82) is 0 Å². The first-order chi connectivity index (χ1) is 16.2. The highest BCUT2D eigenvalue weighted by atomic mass is 16.5. The van der Waals surface area contributed by atoms with E-state index >= 15 is 0 Å². The van der Waals surface area contributed by atoms with Crippen molar-refractivity contribution in [2.75, 3.05) is 33.9 Å². The fourth-order valence-corrected chi connectivity index (χ4v) is 5.00. The van der Waals surface area contributed by atoms with Crippen LogP contribution >= 0.6 is 0 Å². The van der Waals surface area contributed by atoms with Gasteiger partial charge >= 0.3 is 5.97 Å². The molecule has 0 N–H and O–H groups in total. The van der Waals surface area contributed by atoms with Crippen LogP contribution in [-0.4, -0.2) is 63.0 Å². The Morgan fingerprint density at radius 1 is 0.970 bits per heavy atom. The first-order valence-electron chi connectivity index (χ1n) is 12.0. The molecule has 0 radical (unpaired) electrons. The molecule has 4 rings (SSSR count). The van der Waals surface area contributed by atoms with Crippen molar-refractivity contribution in [2.45, 2.75) is 56.8 Å². The van der Waals surface area contributed by atoms with E-state index in [0.29, 0.717) is 18.2 Å². The summed E-state index contributed by atoms with van der Waals surface area (Å²) in [5, 5.41) is 0. The summed E-state index contributed by atoms with van der Waals surface area (Å²) < 4.78 is 22.9. The van der Waals surface area contributed by atoms with Gasteiger partial charge in [0, 0.05) is 19.1 Å². The third kappa shape index (κ3) is 6.06. The summed E-state index contributed by atoms with van der Waals surface area (Å²) in [7, 11) is 3.31. The number of rotatable bonds is 9. The predicted molar refractivity (Wildman–Crippen MR) is 127 cm³/mol. The van der Waals surface area contributed by atoms with Crippen LogP contribution in [0.3, 0.4) is 0 Å². The van der Waals surface area contributed by atoms with Crippen LogP contribution in [-0.2, 0) is 15.9 Å². The maximum Gasteiger partial charge on any atom is 0.338 e. The number of nitrogens with zero attached hydrogens (tertiary/aromatic N) is 1. The summed E-state index contributed by atoms with van der Waals surface area (Å²) in [6.45, 7) is 2.42. The number of benzene rings is 2. The molecule has 1 aliphatic heterocycles. The zero-order chi connectivity index (χ0) is 23.0. The third-order valence-corrected chi connectivity index (χ3v) is 6.77. The monoisotopic (exact) mass is 453 g/mol. The molecule has 1 saturated carbocycles. The molecule has 2 aromatic carbocycles. The van der Waals surface area contributed by atoms with Gasteiger partial charge in [-0.05, 0) is 55.5 Å². The zero-order valence-electron chi connectivity index (χ0n) is 19.7. The topological polar surface area (TPSA) is 57.2 Å². The number of ether oxygens (including phenoxy) is 4. The lowest BCUT2D eigenvalue weighted by molar-refractivity contribution is -0.0327. The lowest BCUT2D eigenvalue weighted by atomic mass is 9.91. The molecule has 178 valence electrons. The number of carbonyl (C=O) groups excluding carboxylic acids is 1. The maximum absolute atomic E-state index is 12.4.